The fourth-order valence-electron chi connectivity index (χ4n) is 3.14. The molecule has 0 saturated heterocycles. The second-order valence-corrected chi connectivity index (χ2v) is 6.29. The zero-order valence-corrected chi connectivity index (χ0v) is 12.3. The molecule has 1 fully saturated rings. The lowest BCUT2D eigenvalue weighted by atomic mass is 9.64. The monoisotopic (exact) mass is 270 g/mol. The number of carbonyl (C=O) groups is 1. The third kappa shape index (κ3) is 3.19. The lowest BCUT2D eigenvalue weighted by molar-refractivity contribution is 0.0780. The molecule has 1 aromatic carbocycles. The highest BCUT2D eigenvalue weighted by atomic mass is 16.1. The summed E-state index contributed by atoms with van der Waals surface area (Å²) in [6.07, 6.45) is 4.82. The summed E-state index contributed by atoms with van der Waals surface area (Å²) in [7, 11) is 0. The fraction of sp³-hybridized carbons (Fsp3) is 0.529. The Morgan fingerprint density at radius 1 is 1.40 bits per heavy atom. The first-order chi connectivity index (χ1) is 9.56. The third-order valence-electron chi connectivity index (χ3n) is 4.17. The molecule has 1 aliphatic carbocycles. The first-order valence-electron chi connectivity index (χ1n) is 7.34. The van der Waals surface area contributed by atoms with Crippen molar-refractivity contribution in [3.05, 3.63) is 35.4 Å². The quantitative estimate of drug-likeness (QED) is 0.890. The number of nitrogens with one attached hydrogen (secondary N) is 1. The molecule has 0 radical (unpaired) electrons. The van der Waals surface area contributed by atoms with Crippen molar-refractivity contribution in [1.82, 2.24) is 5.32 Å². The van der Waals surface area contributed by atoms with Gasteiger partial charge in [0.25, 0.3) is 5.91 Å². The molecule has 1 aromatic rings. The van der Waals surface area contributed by atoms with Gasteiger partial charge in [-0.25, -0.2) is 0 Å². The minimum absolute atomic E-state index is 0.128. The largest absolute Gasteiger partial charge is 0.351 e. The van der Waals surface area contributed by atoms with Crippen LogP contribution in [0.3, 0.4) is 0 Å². The molecule has 1 amide bonds. The Hall–Kier alpha value is -1.82. The summed E-state index contributed by atoms with van der Waals surface area (Å²) in [6, 6.07) is 9.04. The molecule has 106 valence electrons. The summed E-state index contributed by atoms with van der Waals surface area (Å²) in [5.41, 5.74) is 1.20. The predicted molar refractivity (Wildman–Crippen MR) is 79.2 cm³/mol. The zero-order chi connectivity index (χ0) is 14.6. The standard InChI is InChI=1S/C17H22N2O/c1-13(2)10-17(8-5-9-17)12-19-16(20)15-7-4-3-6-14(15)11-18/h3-4,6-7,13H,5,8-10,12H2,1-2H3,(H,19,20). The molecular formula is C17H22N2O. The summed E-state index contributed by atoms with van der Waals surface area (Å²) in [6.45, 7) is 5.18. The van der Waals surface area contributed by atoms with Crippen molar-refractivity contribution in [2.45, 2.75) is 39.5 Å². The summed E-state index contributed by atoms with van der Waals surface area (Å²) >= 11 is 0. The van der Waals surface area contributed by atoms with Crippen LogP contribution in [0.25, 0.3) is 0 Å². The van der Waals surface area contributed by atoms with Crippen molar-refractivity contribution in [3.8, 4) is 6.07 Å². The maximum Gasteiger partial charge on any atom is 0.252 e. The predicted octanol–water partition coefficient (Wildman–Crippen LogP) is 3.50. The summed E-state index contributed by atoms with van der Waals surface area (Å²) in [4.78, 5) is 12.2. The third-order valence-corrected chi connectivity index (χ3v) is 4.17. The average Bonchev–Trinajstić information content (AvgIpc) is 2.40. The molecule has 0 heterocycles. The van der Waals surface area contributed by atoms with Crippen molar-refractivity contribution in [2.24, 2.45) is 11.3 Å². The fourth-order valence-corrected chi connectivity index (χ4v) is 3.14. The number of amides is 1. The molecule has 0 bridgehead atoms. The second-order valence-electron chi connectivity index (χ2n) is 6.29. The van der Waals surface area contributed by atoms with Crippen molar-refractivity contribution in [1.29, 1.82) is 5.26 Å². The van der Waals surface area contributed by atoms with Crippen LogP contribution in [0.4, 0.5) is 0 Å². The van der Waals surface area contributed by atoms with Crippen LogP contribution >= 0.6 is 0 Å². The molecule has 1 N–H and O–H groups in total. The minimum atomic E-state index is -0.128. The van der Waals surface area contributed by atoms with Crippen LogP contribution in [0.5, 0.6) is 0 Å². The van der Waals surface area contributed by atoms with Gasteiger partial charge in [-0.1, -0.05) is 32.4 Å². The molecule has 2 rings (SSSR count). The van der Waals surface area contributed by atoms with E-state index < -0.39 is 0 Å². The summed E-state index contributed by atoms with van der Waals surface area (Å²) in [5, 5.41) is 12.1. The molecule has 3 nitrogen and oxygen atoms in total. The van der Waals surface area contributed by atoms with Crippen LogP contribution in [0.15, 0.2) is 24.3 Å². The Balaban J connectivity index is 2.00. The van der Waals surface area contributed by atoms with E-state index in [4.69, 9.17) is 5.26 Å². The normalized spacial score (nSPS) is 16.3. The van der Waals surface area contributed by atoms with E-state index in [0.29, 0.717) is 17.0 Å². The van der Waals surface area contributed by atoms with Crippen LogP contribution < -0.4 is 5.32 Å². The highest BCUT2D eigenvalue weighted by Gasteiger charge is 2.37. The highest BCUT2D eigenvalue weighted by Crippen LogP contribution is 2.45. The Bertz CT molecular complexity index is 524. The zero-order valence-electron chi connectivity index (χ0n) is 12.3. The van der Waals surface area contributed by atoms with Gasteiger partial charge in [-0.3, -0.25) is 4.79 Å². The van der Waals surface area contributed by atoms with Crippen molar-refractivity contribution < 1.29 is 4.79 Å². The molecule has 0 spiro atoms. The molecular weight excluding hydrogens is 248 g/mol. The Morgan fingerprint density at radius 3 is 2.65 bits per heavy atom. The lowest BCUT2D eigenvalue weighted by Gasteiger charge is -2.43. The molecule has 0 aromatic heterocycles. The van der Waals surface area contributed by atoms with Crippen molar-refractivity contribution >= 4 is 5.91 Å². The lowest BCUT2D eigenvalue weighted by Crippen LogP contribution is -2.43. The molecule has 0 aliphatic heterocycles. The van der Waals surface area contributed by atoms with Gasteiger partial charge in [0.2, 0.25) is 0 Å². The van der Waals surface area contributed by atoms with Crippen molar-refractivity contribution in [3.63, 3.8) is 0 Å². The number of nitriles is 1. The second kappa shape index (κ2) is 6.09. The van der Waals surface area contributed by atoms with E-state index >= 15 is 0 Å². The van der Waals surface area contributed by atoms with E-state index in [1.54, 1.807) is 24.3 Å². The molecule has 1 saturated carbocycles. The van der Waals surface area contributed by atoms with E-state index in [2.05, 4.69) is 25.2 Å². The van der Waals surface area contributed by atoms with E-state index in [9.17, 15) is 4.79 Å². The van der Waals surface area contributed by atoms with Crippen LogP contribution in [-0.4, -0.2) is 12.5 Å². The van der Waals surface area contributed by atoms with E-state index in [1.165, 1.54) is 19.3 Å². The van der Waals surface area contributed by atoms with E-state index in [0.717, 1.165) is 13.0 Å². The number of rotatable bonds is 5. The smallest absolute Gasteiger partial charge is 0.252 e. The van der Waals surface area contributed by atoms with Crippen LogP contribution in [0, 0.1) is 22.7 Å². The molecule has 1 aliphatic rings. The van der Waals surface area contributed by atoms with Gasteiger partial charge in [0.15, 0.2) is 0 Å². The van der Waals surface area contributed by atoms with Gasteiger partial charge in [-0.15, -0.1) is 0 Å². The SMILES string of the molecule is CC(C)CC1(CNC(=O)c2ccccc2C#N)CCC1. The maximum absolute atomic E-state index is 12.2. The first-order valence-corrected chi connectivity index (χ1v) is 7.34. The van der Waals surface area contributed by atoms with Gasteiger partial charge in [0, 0.05) is 6.54 Å². The molecule has 0 unspecified atom stereocenters. The molecule has 0 atom stereocenters. The number of benzene rings is 1. The van der Waals surface area contributed by atoms with Gasteiger partial charge in [0.05, 0.1) is 17.2 Å². The van der Waals surface area contributed by atoms with Gasteiger partial charge in [-0.2, -0.15) is 5.26 Å². The van der Waals surface area contributed by atoms with Crippen molar-refractivity contribution in [2.75, 3.05) is 6.54 Å². The average molecular weight is 270 g/mol. The molecule has 20 heavy (non-hydrogen) atoms. The maximum atomic E-state index is 12.2. The van der Waals surface area contributed by atoms with Crippen LogP contribution in [-0.2, 0) is 0 Å². The molecule has 3 heteroatoms. The Morgan fingerprint density at radius 2 is 2.10 bits per heavy atom. The van der Waals surface area contributed by atoms with E-state index in [-0.39, 0.29) is 11.3 Å². The summed E-state index contributed by atoms with van der Waals surface area (Å²) < 4.78 is 0. The van der Waals surface area contributed by atoms with Crippen LogP contribution in [0.2, 0.25) is 0 Å². The number of hydrogen-bond donors (Lipinski definition) is 1. The first kappa shape index (κ1) is 14.6. The van der Waals surface area contributed by atoms with Gasteiger partial charge < -0.3 is 5.32 Å². The van der Waals surface area contributed by atoms with Crippen LogP contribution in [0.1, 0.15) is 55.5 Å². The van der Waals surface area contributed by atoms with Gasteiger partial charge in [0.1, 0.15) is 0 Å². The number of carbonyl (C=O) groups excluding carboxylic acids is 1. The van der Waals surface area contributed by atoms with E-state index in [1.807, 2.05) is 0 Å². The minimum Gasteiger partial charge on any atom is -0.351 e. The van der Waals surface area contributed by atoms with Gasteiger partial charge >= 0.3 is 0 Å². The Kier molecular flexibility index (Phi) is 4.44. The Labute approximate surface area is 121 Å². The number of hydrogen-bond acceptors (Lipinski definition) is 2. The topological polar surface area (TPSA) is 52.9 Å². The highest BCUT2D eigenvalue weighted by molar-refractivity contribution is 5.96. The summed E-state index contributed by atoms with van der Waals surface area (Å²) in [5.74, 6) is 0.524. The van der Waals surface area contributed by atoms with Gasteiger partial charge in [-0.05, 0) is 42.7 Å². The number of nitrogens with zero attached hydrogens (tertiary/aromatic N) is 1.